The molecule has 2 aliphatic rings. The molecule has 2 fully saturated rings. The average molecular weight is 307 g/mol. The minimum Gasteiger partial charge on any atom is -0.497 e. The van der Waals surface area contributed by atoms with Gasteiger partial charge in [0.15, 0.2) is 5.88 Å². The third-order valence-corrected chi connectivity index (χ3v) is 4.25. The largest absolute Gasteiger partial charge is 0.497 e. The molecule has 116 valence electrons. The Balaban J connectivity index is 2.02. The first kappa shape index (κ1) is 15.0. The lowest BCUT2D eigenvalue weighted by molar-refractivity contribution is 0.233. The molecule has 0 amide bonds. The smallest absolute Gasteiger partial charge is 0.190 e. The zero-order valence-electron chi connectivity index (χ0n) is 13.0. The van der Waals surface area contributed by atoms with Crippen LogP contribution in [0.25, 0.3) is 5.57 Å². The predicted molar refractivity (Wildman–Crippen MR) is 84.9 cm³/mol. The Bertz CT molecular complexity index is 719. The summed E-state index contributed by atoms with van der Waals surface area (Å²) in [5.41, 5.74) is 1.46. The standard InChI is InChI=1S/C18H17N3O2/c1-22-16-6-4-13(5-7-16)17(14(10-19)11-20)9-18-21-8-2-3-15(21)12-23-18/h4-7,9,15H,2-3,8,12H2,1H3/b18-9+. The molecule has 1 unspecified atom stereocenters. The van der Waals surface area contributed by atoms with Crippen molar-refractivity contribution in [3.63, 3.8) is 0 Å². The van der Waals surface area contributed by atoms with Crippen LogP contribution in [0.4, 0.5) is 0 Å². The van der Waals surface area contributed by atoms with Crippen LogP contribution in [-0.4, -0.2) is 31.2 Å². The fourth-order valence-corrected chi connectivity index (χ4v) is 3.03. The Hall–Kier alpha value is -2.92. The van der Waals surface area contributed by atoms with E-state index in [1.165, 1.54) is 0 Å². The van der Waals surface area contributed by atoms with E-state index in [0.717, 1.165) is 36.6 Å². The highest BCUT2D eigenvalue weighted by Gasteiger charge is 2.33. The number of benzene rings is 1. The van der Waals surface area contributed by atoms with Crippen LogP contribution in [-0.2, 0) is 4.74 Å². The number of nitrogens with zero attached hydrogens (tertiary/aromatic N) is 3. The molecule has 2 heterocycles. The van der Waals surface area contributed by atoms with Gasteiger partial charge in [0.05, 0.1) is 13.2 Å². The lowest BCUT2D eigenvalue weighted by Crippen LogP contribution is -2.22. The molecule has 0 radical (unpaired) electrons. The number of ether oxygens (including phenoxy) is 2. The molecule has 1 aromatic rings. The summed E-state index contributed by atoms with van der Waals surface area (Å²) in [5, 5.41) is 18.6. The van der Waals surface area contributed by atoms with Gasteiger partial charge in [-0.2, -0.15) is 10.5 Å². The van der Waals surface area contributed by atoms with E-state index in [-0.39, 0.29) is 5.57 Å². The summed E-state index contributed by atoms with van der Waals surface area (Å²) in [6, 6.07) is 11.7. The third-order valence-electron chi connectivity index (χ3n) is 4.25. The summed E-state index contributed by atoms with van der Waals surface area (Å²) in [6.45, 7) is 1.64. The number of fused-ring (bicyclic) bond motifs is 1. The highest BCUT2D eigenvalue weighted by atomic mass is 16.5. The fourth-order valence-electron chi connectivity index (χ4n) is 3.03. The topological polar surface area (TPSA) is 69.3 Å². The van der Waals surface area contributed by atoms with Gasteiger partial charge in [-0.25, -0.2) is 0 Å². The molecule has 0 aliphatic carbocycles. The predicted octanol–water partition coefficient (Wildman–Crippen LogP) is 2.83. The molecule has 0 N–H and O–H groups in total. The highest BCUT2D eigenvalue weighted by Crippen LogP contribution is 2.32. The fraction of sp³-hybridized carbons (Fsp3) is 0.333. The van der Waals surface area contributed by atoms with Gasteiger partial charge in [-0.05, 0) is 30.5 Å². The van der Waals surface area contributed by atoms with Crippen molar-refractivity contribution < 1.29 is 9.47 Å². The third kappa shape index (κ3) is 2.86. The summed E-state index contributed by atoms with van der Waals surface area (Å²) in [6.07, 6.45) is 4.09. The molecule has 5 heteroatoms. The van der Waals surface area contributed by atoms with E-state index in [9.17, 15) is 10.5 Å². The second-order valence-corrected chi connectivity index (χ2v) is 5.52. The maximum Gasteiger partial charge on any atom is 0.190 e. The Morgan fingerprint density at radius 3 is 2.70 bits per heavy atom. The van der Waals surface area contributed by atoms with E-state index in [1.807, 2.05) is 42.5 Å². The van der Waals surface area contributed by atoms with E-state index in [2.05, 4.69) is 4.90 Å². The maximum atomic E-state index is 9.28. The van der Waals surface area contributed by atoms with Crippen LogP contribution in [0, 0.1) is 22.7 Å². The van der Waals surface area contributed by atoms with E-state index < -0.39 is 0 Å². The van der Waals surface area contributed by atoms with Gasteiger partial charge in [0, 0.05) is 18.2 Å². The Morgan fingerprint density at radius 2 is 2.04 bits per heavy atom. The molecular weight excluding hydrogens is 290 g/mol. The number of allylic oxidation sites excluding steroid dienone is 3. The number of rotatable bonds is 3. The molecule has 0 bridgehead atoms. The molecule has 23 heavy (non-hydrogen) atoms. The minimum atomic E-state index is 0.0777. The number of nitriles is 2. The number of hydrogen-bond donors (Lipinski definition) is 0. The summed E-state index contributed by atoms with van der Waals surface area (Å²) < 4.78 is 10.9. The lowest BCUT2D eigenvalue weighted by Gasteiger charge is -2.16. The lowest BCUT2D eigenvalue weighted by atomic mass is 10.0. The van der Waals surface area contributed by atoms with E-state index in [4.69, 9.17) is 9.47 Å². The molecule has 0 saturated carbocycles. The van der Waals surface area contributed by atoms with Gasteiger partial charge >= 0.3 is 0 Å². The number of hydrogen-bond acceptors (Lipinski definition) is 5. The zero-order valence-corrected chi connectivity index (χ0v) is 13.0. The van der Waals surface area contributed by atoms with Gasteiger partial charge in [0.2, 0.25) is 0 Å². The first-order valence-corrected chi connectivity index (χ1v) is 7.57. The van der Waals surface area contributed by atoms with Crippen LogP contribution in [0.1, 0.15) is 18.4 Å². The monoisotopic (exact) mass is 307 g/mol. The van der Waals surface area contributed by atoms with Gasteiger partial charge in [-0.3, -0.25) is 0 Å². The Kier molecular flexibility index (Phi) is 4.21. The normalized spacial score (nSPS) is 20.4. The molecule has 1 atom stereocenters. The average Bonchev–Trinajstić information content (AvgIpc) is 3.20. The van der Waals surface area contributed by atoms with Crippen LogP contribution < -0.4 is 4.74 Å². The SMILES string of the molecule is COc1ccc(C(/C=C2/OCC3CCCN23)=C(C#N)C#N)cc1. The summed E-state index contributed by atoms with van der Waals surface area (Å²) in [5.74, 6) is 1.48. The van der Waals surface area contributed by atoms with Crippen molar-refractivity contribution >= 4 is 5.57 Å². The van der Waals surface area contributed by atoms with Gasteiger partial charge in [0.1, 0.15) is 30.1 Å². The first-order valence-electron chi connectivity index (χ1n) is 7.57. The quantitative estimate of drug-likeness (QED) is 0.803. The van der Waals surface area contributed by atoms with Gasteiger partial charge in [-0.15, -0.1) is 0 Å². The van der Waals surface area contributed by atoms with Crippen LogP contribution in [0.3, 0.4) is 0 Å². The second-order valence-electron chi connectivity index (χ2n) is 5.52. The number of methoxy groups -OCH3 is 1. The van der Waals surface area contributed by atoms with Crippen molar-refractivity contribution in [3.8, 4) is 17.9 Å². The molecule has 3 rings (SSSR count). The highest BCUT2D eigenvalue weighted by molar-refractivity contribution is 5.82. The van der Waals surface area contributed by atoms with E-state index >= 15 is 0 Å². The molecule has 5 nitrogen and oxygen atoms in total. The van der Waals surface area contributed by atoms with Crippen molar-refractivity contribution in [3.05, 3.63) is 47.4 Å². The van der Waals surface area contributed by atoms with E-state index in [0.29, 0.717) is 18.2 Å². The van der Waals surface area contributed by atoms with Crippen molar-refractivity contribution in [2.75, 3.05) is 20.3 Å². The minimum absolute atomic E-state index is 0.0777. The summed E-state index contributed by atoms with van der Waals surface area (Å²) >= 11 is 0. The molecule has 2 aliphatic heterocycles. The molecule has 2 saturated heterocycles. The zero-order chi connectivity index (χ0) is 16.2. The Labute approximate surface area is 135 Å². The maximum absolute atomic E-state index is 9.28. The molecule has 1 aromatic carbocycles. The van der Waals surface area contributed by atoms with Crippen LogP contribution in [0.15, 0.2) is 41.8 Å². The van der Waals surface area contributed by atoms with Gasteiger partial charge in [0.25, 0.3) is 0 Å². The first-order chi connectivity index (χ1) is 11.3. The second kappa shape index (κ2) is 6.46. The van der Waals surface area contributed by atoms with Crippen LogP contribution in [0.2, 0.25) is 0 Å². The molecule has 0 aromatic heterocycles. The van der Waals surface area contributed by atoms with Gasteiger partial charge < -0.3 is 14.4 Å². The van der Waals surface area contributed by atoms with Crippen LogP contribution >= 0.6 is 0 Å². The van der Waals surface area contributed by atoms with Gasteiger partial charge in [-0.1, -0.05) is 12.1 Å². The van der Waals surface area contributed by atoms with Crippen molar-refractivity contribution in [1.82, 2.24) is 4.90 Å². The molecule has 0 spiro atoms. The Morgan fingerprint density at radius 1 is 1.30 bits per heavy atom. The summed E-state index contributed by atoms with van der Waals surface area (Å²) in [7, 11) is 1.60. The molecular formula is C18H17N3O2. The van der Waals surface area contributed by atoms with E-state index in [1.54, 1.807) is 7.11 Å². The van der Waals surface area contributed by atoms with Crippen molar-refractivity contribution in [2.45, 2.75) is 18.9 Å². The summed E-state index contributed by atoms with van der Waals surface area (Å²) in [4.78, 5) is 2.22. The van der Waals surface area contributed by atoms with Crippen LogP contribution in [0.5, 0.6) is 5.75 Å². The van der Waals surface area contributed by atoms with Crippen molar-refractivity contribution in [1.29, 1.82) is 10.5 Å². The van der Waals surface area contributed by atoms with Crippen molar-refractivity contribution in [2.24, 2.45) is 0 Å².